The van der Waals surface area contributed by atoms with Gasteiger partial charge in [0, 0.05) is 5.56 Å². The number of amides is 2. The molecule has 0 atom stereocenters. The molecule has 4 nitrogen and oxygen atoms in total. The summed E-state index contributed by atoms with van der Waals surface area (Å²) >= 11 is 0.818. The van der Waals surface area contributed by atoms with Crippen molar-refractivity contribution in [3.63, 3.8) is 0 Å². The van der Waals surface area contributed by atoms with Gasteiger partial charge in [0.05, 0.1) is 11.4 Å². The van der Waals surface area contributed by atoms with Crippen LogP contribution in [0.5, 0.6) is 5.75 Å². The zero-order valence-electron chi connectivity index (χ0n) is 16.1. The van der Waals surface area contributed by atoms with Gasteiger partial charge < -0.3 is 4.74 Å². The number of nitrogens with zero attached hydrogens (tertiary/aromatic N) is 1. The van der Waals surface area contributed by atoms with Crippen LogP contribution in [0.4, 0.5) is 9.18 Å². The molecule has 1 heterocycles. The topological polar surface area (TPSA) is 46.6 Å². The van der Waals surface area contributed by atoms with Crippen molar-refractivity contribution < 1.29 is 18.7 Å². The lowest BCUT2D eigenvalue weighted by molar-refractivity contribution is -0.123. The van der Waals surface area contributed by atoms with Crippen LogP contribution in [-0.2, 0) is 4.79 Å². The fraction of sp³-hybridized carbons (Fsp3) is 0.273. The van der Waals surface area contributed by atoms with E-state index in [0.717, 1.165) is 33.5 Å². The summed E-state index contributed by atoms with van der Waals surface area (Å²) in [6.07, 6.45) is 1.42. The van der Waals surface area contributed by atoms with Crippen LogP contribution in [0, 0.1) is 12.7 Å². The van der Waals surface area contributed by atoms with Crippen molar-refractivity contribution >= 4 is 29.0 Å². The van der Waals surface area contributed by atoms with Crippen molar-refractivity contribution in [2.75, 3.05) is 13.2 Å². The van der Waals surface area contributed by atoms with E-state index in [1.165, 1.54) is 12.1 Å². The molecule has 2 aromatic carbocycles. The third kappa shape index (κ3) is 4.44. The highest BCUT2D eigenvalue weighted by molar-refractivity contribution is 8.18. The maximum atomic E-state index is 13.8. The normalized spacial score (nSPS) is 15.8. The molecule has 0 saturated carbocycles. The average Bonchev–Trinajstić information content (AvgIpc) is 2.91. The summed E-state index contributed by atoms with van der Waals surface area (Å²) in [6, 6.07) is 12.2. The van der Waals surface area contributed by atoms with Crippen molar-refractivity contribution in [2.45, 2.75) is 26.7 Å². The summed E-state index contributed by atoms with van der Waals surface area (Å²) in [6.45, 7) is 6.50. The van der Waals surface area contributed by atoms with Crippen molar-refractivity contribution in [2.24, 2.45) is 0 Å². The Bertz CT molecular complexity index is 939. The number of benzene rings is 2. The van der Waals surface area contributed by atoms with Gasteiger partial charge in [-0.2, -0.15) is 0 Å². The molecule has 0 unspecified atom stereocenters. The van der Waals surface area contributed by atoms with E-state index >= 15 is 0 Å². The zero-order chi connectivity index (χ0) is 20.3. The van der Waals surface area contributed by atoms with Crippen LogP contribution in [0.3, 0.4) is 0 Å². The van der Waals surface area contributed by atoms with Crippen molar-refractivity contribution in [1.29, 1.82) is 0 Å². The van der Waals surface area contributed by atoms with Gasteiger partial charge in [-0.15, -0.1) is 0 Å². The smallest absolute Gasteiger partial charge is 0.293 e. The Morgan fingerprint density at radius 1 is 1.18 bits per heavy atom. The number of carbonyl (C=O) groups excluding carboxylic acids is 2. The molecule has 0 bridgehead atoms. The maximum Gasteiger partial charge on any atom is 0.293 e. The van der Waals surface area contributed by atoms with Crippen LogP contribution >= 0.6 is 11.8 Å². The van der Waals surface area contributed by atoms with Crippen molar-refractivity contribution in [3.8, 4) is 5.75 Å². The molecule has 0 aromatic heterocycles. The molecule has 0 spiro atoms. The number of thioether (sulfide) groups is 1. The van der Waals surface area contributed by atoms with Gasteiger partial charge in [-0.3, -0.25) is 14.5 Å². The van der Waals surface area contributed by atoms with Crippen molar-refractivity contribution in [3.05, 3.63) is 69.9 Å². The third-order valence-corrected chi connectivity index (χ3v) is 5.34. The van der Waals surface area contributed by atoms with E-state index in [0.29, 0.717) is 5.92 Å². The standard InChI is InChI=1S/C22H22FNO3S/c1-14(2)17-9-8-15(3)12-19(17)27-11-10-24-21(25)20(28-22(24)26)13-16-6-4-5-7-18(16)23/h4-9,12-14H,10-11H2,1-3H3/b20-13-. The first-order valence-corrected chi connectivity index (χ1v) is 9.91. The first-order valence-electron chi connectivity index (χ1n) is 9.10. The van der Waals surface area contributed by atoms with Gasteiger partial charge in [0.15, 0.2) is 0 Å². The number of aryl methyl sites for hydroxylation is 1. The van der Waals surface area contributed by atoms with E-state index in [2.05, 4.69) is 13.8 Å². The Kier molecular flexibility index (Phi) is 6.19. The van der Waals surface area contributed by atoms with Crippen LogP contribution < -0.4 is 4.74 Å². The Morgan fingerprint density at radius 2 is 1.93 bits per heavy atom. The second-order valence-corrected chi connectivity index (χ2v) is 7.89. The number of rotatable bonds is 6. The summed E-state index contributed by atoms with van der Waals surface area (Å²) in [7, 11) is 0. The van der Waals surface area contributed by atoms with E-state index in [1.54, 1.807) is 18.2 Å². The highest BCUT2D eigenvalue weighted by Crippen LogP contribution is 2.33. The first-order chi connectivity index (χ1) is 13.4. The minimum absolute atomic E-state index is 0.144. The maximum absolute atomic E-state index is 13.8. The van der Waals surface area contributed by atoms with Crippen molar-refractivity contribution in [1.82, 2.24) is 4.90 Å². The molecule has 0 N–H and O–H groups in total. The molecule has 1 saturated heterocycles. The molecule has 1 aliphatic rings. The van der Waals surface area contributed by atoms with Crippen LogP contribution in [0.1, 0.15) is 36.5 Å². The number of halogens is 1. The van der Waals surface area contributed by atoms with Crippen LogP contribution in [0.2, 0.25) is 0 Å². The van der Waals surface area contributed by atoms with E-state index in [4.69, 9.17) is 4.74 Å². The van der Waals surface area contributed by atoms with E-state index in [1.807, 2.05) is 25.1 Å². The minimum Gasteiger partial charge on any atom is -0.491 e. The highest BCUT2D eigenvalue weighted by atomic mass is 32.2. The predicted molar refractivity (Wildman–Crippen MR) is 110 cm³/mol. The molecule has 146 valence electrons. The van der Waals surface area contributed by atoms with Gasteiger partial charge in [0.1, 0.15) is 18.2 Å². The Hall–Kier alpha value is -2.60. The number of hydrogen-bond donors (Lipinski definition) is 0. The molecule has 1 fully saturated rings. The monoisotopic (exact) mass is 399 g/mol. The molecule has 0 radical (unpaired) electrons. The van der Waals surface area contributed by atoms with Gasteiger partial charge in [-0.1, -0.05) is 44.2 Å². The second kappa shape index (κ2) is 8.61. The third-order valence-electron chi connectivity index (χ3n) is 4.43. The van der Waals surface area contributed by atoms with E-state index in [-0.39, 0.29) is 28.9 Å². The summed E-state index contributed by atoms with van der Waals surface area (Å²) in [5.41, 5.74) is 2.45. The fourth-order valence-electron chi connectivity index (χ4n) is 2.92. The minimum atomic E-state index is -0.432. The quantitative estimate of drug-likeness (QED) is 0.613. The van der Waals surface area contributed by atoms with Gasteiger partial charge in [-0.25, -0.2) is 4.39 Å². The number of carbonyl (C=O) groups is 2. The van der Waals surface area contributed by atoms with E-state index in [9.17, 15) is 14.0 Å². The second-order valence-electron chi connectivity index (χ2n) is 6.90. The lowest BCUT2D eigenvalue weighted by Gasteiger charge is -2.17. The lowest BCUT2D eigenvalue weighted by Crippen LogP contribution is -2.32. The Labute approximate surface area is 168 Å². The summed E-state index contributed by atoms with van der Waals surface area (Å²) in [4.78, 5) is 26.1. The fourth-order valence-corrected chi connectivity index (χ4v) is 3.77. The van der Waals surface area contributed by atoms with Gasteiger partial charge in [0.25, 0.3) is 11.1 Å². The molecule has 6 heteroatoms. The number of ether oxygens (including phenoxy) is 1. The molecular weight excluding hydrogens is 377 g/mol. The number of imide groups is 1. The largest absolute Gasteiger partial charge is 0.491 e. The zero-order valence-corrected chi connectivity index (χ0v) is 16.9. The van der Waals surface area contributed by atoms with Crippen LogP contribution in [-0.4, -0.2) is 29.2 Å². The SMILES string of the molecule is Cc1ccc(C(C)C)c(OCCN2C(=O)S/C(=C\c3ccccc3F)C2=O)c1. The average molecular weight is 399 g/mol. The molecule has 28 heavy (non-hydrogen) atoms. The van der Waals surface area contributed by atoms with Crippen LogP contribution in [0.15, 0.2) is 47.4 Å². The van der Waals surface area contributed by atoms with Crippen LogP contribution in [0.25, 0.3) is 6.08 Å². The predicted octanol–water partition coefficient (Wildman–Crippen LogP) is 5.37. The molecule has 2 aromatic rings. The molecule has 3 rings (SSSR count). The molecular formula is C22H22FNO3S. The van der Waals surface area contributed by atoms with Gasteiger partial charge in [-0.05, 0) is 53.9 Å². The van der Waals surface area contributed by atoms with Gasteiger partial charge in [0.2, 0.25) is 0 Å². The summed E-state index contributed by atoms with van der Waals surface area (Å²) in [5.74, 6) is 0.217. The summed E-state index contributed by atoms with van der Waals surface area (Å²) < 4.78 is 19.7. The van der Waals surface area contributed by atoms with Gasteiger partial charge >= 0.3 is 0 Å². The Balaban J connectivity index is 1.68. The van der Waals surface area contributed by atoms with E-state index < -0.39 is 11.7 Å². The molecule has 1 aliphatic heterocycles. The lowest BCUT2D eigenvalue weighted by atomic mass is 10.0. The molecule has 2 amide bonds. The molecule has 0 aliphatic carbocycles. The highest BCUT2D eigenvalue weighted by Gasteiger charge is 2.35. The first kappa shape index (κ1) is 20.1. The Morgan fingerprint density at radius 3 is 2.64 bits per heavy atom. The number of hydrogen-bond acceptors (Lipinski definition) is 4. The summed E-state index contributed by atoms with van der Waals surface area (Å²) in [5, 5.41) is -0.371.